The van der Waals surface area contributed by atoms with E-state index in [0.717, 1.165) is 0 Å². The van der Waals surface area contributed by atoms with E-state index >= 15 is 0 Å². The molecule has 2 heteroatoms. The molecule has 2 nitrogen and oxygen atoms in total. The van der Waals surface area contributed by atoms with Crippen LogP contribution in [0, 0.1) is 5.41 Å². The van der Waals surface area contributed by atoms with Gasteiger partial charge in [-0.25, -0.2) is 0 Å². The zero-order valence-corrected chi connectivity index (χ0v) is 11.2. The first kappa shape index (κ1) is 12.7. The van der Waals surface area contributed by atoms with Crippen LogP contribution in [0.4, 0.5) is 0 Å². The Morgan fingerprint density at radius 2 is 1.82 bits per heavy atom. The topological polar surface area (TPSA) is 29.1 Å². The SMILES string of the molecule is CC1(C)C=C(NC2CCCCCC2)CC(=O)C1. The van der Waals surface area contributed by atoms with E-state index in [4.69, 9.17) is 0 Å². The Labute approximate surface area is 105 Å². The number of ketones is 1. The molecule has 0 aromatic rings. The molecular weight excluding hydrogens is 210 g/mol. The third-order valence-electron chi connectivity index (χ3n) is 3.85. The summed E-state index contributed by atoms with van der Waals surface area (Å²) in [6.45, 7) is 4.30. The van der Waals surface area contributed by atoms with Gasteiger partial charge in [-0.15, -0.1) is 0 Å². The molecule has 1 fully saturated rings. The maximum Gasteiger partial charge on any atom is 0.139 e. The second kappa shape index (κ2) is 5.24. The van der Waals surface area contributed by atoms with Crippen molar-refractivity contribution >= 4 is 5.78 Å². The first-order valence-corrected chi connectivity index (χ1v) is 7.05. The van der Waals surface area contributed by atoms with Gasteiger partial charge >= 0.3 is 0 Å². The Morgan fingerprint density at radius 1 is 1.18 bits per heavy atom. The zero-order valence-electron chi connectivity index (χ0n) is 11.2. The van der Waals surface area contributed by atoms with Crippen LogP contribution >= 0.6 is 0 Å². The zero-order chi connectivity index (χ0) is 12.3. The van der Waals surface area contributed by atoms with Crippen molar-refractivity contribution < 1.29 is 4.79 Å². The Morgan fingerprint density at radius 3 is 2.41 bits per heavy atom. The Balaban J connectivity index is 1.97. The summed E-state index contributed by atoms with van der Waals surface area (Å²) >= 11 is 0. The molecule has 17 heavy (non-hydrogen) atoms. The van der Waals surface area contributed by atoms with Gasteiger partial charge in [-0.2, -0.15) is 0 Å². The molecule has 1 saturated carbocycles. The third-order valence-corrected chi connectivity index (χ3v) is 3.85. The average Bonchev–Trinajstić information content (AvgIpc) is 2.42. The Hall–Kier alpha value is -0.790. The van der Waals surface area contributed by atoms with Gasteiger partial charge in [0.1, 0.15) is 5.78 Å². The van der Waals surface area contributed by atoms with E-state index in [1.807, 2.05) is 0 Å². The minimum absolute atomic E-state index is 0.0440. The lowest BCUT2D eigenvalue weighted by atomic mass is 9.81. The summed E-state index contributed by atoms with van der Waals surface area (Å²) in [5, 5.41) is 3.62. The van der Waals surface area contributed by atoms with Gasteiger partial charge in [-0.3, -0.25) is 4.79 Å². The van der Waals surface area contributed by atoms with Crippen LogP contribution < -0.4 is 5.32 Å². The highest BCUT2D eigenvalue weighted by molar-refractivity contribution is 5.83. The summed E-state index contributed by atoms with van der Waals surface area (Å²) in [4.78, 5) is 11.7. The predicted molar refractivity (Wildman–Crippen MR) is 70.7 cm³/mol. The van der Waals surface area contributed by atoms with Crippen LogP contribution in [0.25, 0.3) is 0 Å². The average molecular weight is 235 g/mol. The molecule has 0 atom stereocenters. The highest BCUT2D eigenvalue weighted by atomic mass is 16.1. The number of carbonyl (C=O) groups is 1. The van der Waals surface area contributed by atoms with Crippen molar-refractivity contribution in [1.29, 1.82) is 0 Å². The molecule has 0 unspecified atom stereocenters. The second-order valence-corrected chi connectivity index (χ2v) is 6.38. The van der Waals surface area contributed by atoms with Crippen molar-refractivity contribution in [2.24, 2.45) is 5.41 Å². The van der Waals surface area contributed by atoms with Crippen molar-refractivity contribution in [3.05, 3.63) is 11.8 Å². The smallest absolute Gasteiger partial charge is 0.139 e. The van der Waals surface area contributed by atoms with E-state index in [0.29, 0.717) is 24.7 Å². The minimum Gasteiger partial charge on any atom is -0.385 e. The van der Waals surface area contributed by atoms with Crippen LogP contribution in [0.15, 0.2) is 11.8 Å². The third kappa shape index (κ3) is 3.86. The molecule has 2 aliphatic rings. The molecule has 0 bridgehead atoms. The van der Waals surface area contributed by atoms with Gasteiger partial charge in [0, 0.05) is 24.6 Å². The van der Waals surface area contributed by atoms with Crippen molar-refractivity contribution in [3.63, 3.8) is 0 Å². The largest absolute Gasteiger partial charge is 0.385 e. The van der Waals surface area contributed by atoms with Crippen LogP contribution in [0.1, 0.15) is 65.2 Å². The second-order valence-electron chi connectivity index (χ2n) is 6.38. The summed E-state index contributed by atoms with van der Waals surface area (Å²) < 4.78 is 0. The molecule has 0 aliphatic heterocycles. The van der Waals surface area contributed by atoms with E-state index in [9.17, 15) is 4.79 Å². The molecule has 0 radical (unpaired) electrons. The molecule has 0 saturated heterocycles. The van der Waals surface area contributed by atoms with Crippen LogP contribution in [-0.2, 0) is 4.79 Å². The predicted octanol–water partition coefficient (Wildman–Crippen LogP) is 3.57. The van der Waals surface area contributed by atoms with Gasteiger partial charge in [0.2, 0.25) is 0 Å². The lowest BCUT2D eigenvalue weighted by Gasteiger charge is -2.29. The molecule has 0 aromatic carbocycles. The standard InChI is InChI=1S/C15H25NO/c1-15(2)10-13(9-14(17)11-15)16-12-7-5-3-4-6-8-12/h10,12,16H,3-9,11H2,1-2H3. The Bertz CT molecular complexity index is 309. The monoisotopic (exact) mass is 235 g/mol. The maximum absolute atomic E-state index is 11.7. The number of nitrogens with one attached hydrogen (secondary N) is 1. The number of hydrogen-bond acceptors (Lipinski definition) is 2. The summed E-state index contributed by atoms with van der Waals surface area (Å²) in [6.07, 6.45) is 11.6. The van der Waals surface area contributed by atoms with E-state index in [2.05, 4.69) is 25.2 Å². The van der Waals surface area contributed by atoms with Crippen molar-refractivity contribution in [1.82, 2.24) is 5.32 Å². The summed E-state index contributed by atoms with van der Waals surface area (Å²) in [5.41, 5.74) is 1.22. The van der Waals surface area contributed by atoms with Crippen molar-refractivity contribution in [2.45, 2.75) is 71.3 Å². The van der Waals surface area contributed by atoms with Gasteiger partial charge in [0.05, 0.1) is 0 Å². The van der Waals surface area contributed by atoms with E-state index in [1.165, 1.54) is 44.2 Å². The highest BCUT2D eigenvalue weighted by Crippen LogP contribution is 2.31. The number of hydrogen-bond donors (Lipinski definition) is 1. The Kier molecular flexibility index (Phi) is 3.90. The number of carbonyl (C=O) groups excluding carboxylic acids is 1. The summed E-state index contributed by atoms with van der Waals surface area (Å²) in [5.74, 6) is 0.383. The van der Waals surface area contributed by atoms with E-state index < -0.39 is 0 Å². The fourth-order valence-electron chi connectivity index (χ4n) is 3.14. The fourth-order valence-corrected chi connectivity index (χ4v) is 3.14. The molecule has 0 amide bonds. The minimum atomic E-state index is 0.0440. The van der Waals surface area contributed by atoms with Crippen LogP contribution in [0.5, 0.6) is 0 Å². The van der Waals surface area contributed by atoms with Gasteiger partial charge in [0.15, 0.2) is 0 Å². The van der Waals surface area contributed by atoms with Gasteiger partial charge in [-0.1, -0.05) is 45.6 Å². The lowest BCUT2D eigenvalue weighted by Crippen LogP contribution is -2.33. The first-order chi connectivity index (χ1) is 8.05. The molecule has 1 N–H and O–H groups in total. The number of allylic oxidation sites excluding steroid dienone is 2. The number of Topliss-reactive ketones (excluding diaryl/α,β-unsaturated/α-hetero) is 1. The lowest BCUT2D eigenvalue weighted by molar-refractivity contribution is -0.120. The first-order valence-electron chi connectivity index (χ1n) is 7.05. The molecule has 2 rings (SSSR count). The van der Waals surface area contributed by atoms with Crippen LogP contribution in [-0.4, -0.2) is 11.8 Å². The molecule has 2 aliphatic carbocycles. The van der Waals surface area contributed by atoms with E-state index in [1.54, 1.807) is 0 Å². The molecular formula is C15H25NO. The molecule has 0 aromatic heterocycles. The summed E-state index contributed by atoms with van der Waals surface area (Å²) in [7, 11) is 0. The maximum atomic E-state index is 11.7. The highest BCUT2D eigenvalue weighted by Gasteiger charge is 2.27. The molecule has 96 valence electrons. The van der Waals surface area contributed by atoms with Crippen LogP contribution in [0.2, 0.25) is 0 Å². The van der Waals surface area contributed by atoms with Crippen LogP contribution in [0.3, 0.4) is 0 Å². The normalized spacial score (nSPS) is 26.2. The van der Waals surface area contributed by atoms with Crippen molar-refractivity contribution in [3.8, 4) is 0 Å². The molecule has 0 heterocycles. The molecule has 0 spiro atoms. The van der Waals surface area contributed by atoms with E-state index in [-0.39, 0.29) is 5.41 Å². The van der Waals surface area contributed by atoms with Gasteiger partial charge < -0.3 is 5.32 Å². The van der Waals surface area contributed by atoms with Gasteiger partial charge in [0.25, 0.3) is 0 Å². The quantitative estimate of drug-likeness (QED) is 0.741. The number of rotatable bonds is 2. The summed E-state index contributed by atoms with van der Waals surface area (Å²) in [6, 6.07) is 0.602. The van der Waals surface area contributed by atoms with Crippen molar-refractivity contribution in [2.75, 3.05) is 0 Å². The fraction of sp³-hybridized carbons (Fsp3) is 0.800. The van der Waals surface area contributed by atoms with Gasteiger partial charge in [-0.05, 0) is 18.3 Å².